The van der Waals surface area contributed by atoms with Gasteiger partial charge in [0.15, 0.2) is 6.10 Å². The molecule has 1 aliphatic heterocycles. The van der Waals surface area contributed by atoms with Crippen molar-refractivity contribution < 1.29 is 9.53 Å². The molecule has 3 nitrogen and oxygen atoms in total. The molecule has 0 aromatic carbocycles. The molecule has 3 heteroatoms. The molecule has 2 heterocycles. The molecule has 0 bridgehead atoms. The van der Waals surface area contributed by atoms with Crippen LogP contribution in [-0.2, 0) is 4.74 Å². The second kappa shape index (κ2) is 8.05. The van der Waals surface area contributed by atoms with Gasteiger partial charge in [0, 0.05) is 12.4 Å². The average Bonchev–Trinajstić information content (AvgIpc) is 3.01. The lowest BCUT2D eigenvalue weighted by Crippen LogP contribution is -2.17. The van der Waals surface area contributed by atoms with Gasteiger partial charge in [-0.15, -0.1) is 6.58 Å². The smallest absolute Gasteiger partial charge is 0.262 e. The fourth-order valence-corrected chi connectivity index (χ4v) is 2.55. The lowest BCUT2D eigenvalue weighted by Gasteiger charge is -2.00. The van der Waals surface area contributed by atoms with E-state index in [2.05, 4.69) is 6.58 Å². The molecule has 1 aromatic rings. The molecule has 0 amide bonds. The van der Waals surface area contributed by atoms with Gasteiger partial charge in [-0.05, 0) is 31.4 Å². The highest BCUT2D eigenvalue weighted by Crippen LogP contribution is 2.29. The van der Waals surface area contributed by atoms with Crippen LogP contribution < -0.4 is 0 Å². The second-order valence-corrected chi connectivity index (χ2v) is 5.51. The summed E-state index contributed by atoms with van der Waals surface area (Å²) < 4.78 is 7.10. The summed E-state index contributed by atoms with van der Waals surface area (Å²) in [7, 11) is 0. The zero-order valence-electron chi connectivity index (χ0n) is 12.2. The second-order valence-electron chi connectivity index (χ2n) is 5.51. The molecule has 0 saturated carbocycles. The van der Waals surface area contributed by atoms with E-state index in [1.807, 2.05) is 18.2 Å². The molecule has 1 aromatic heterocycles. The van der Waals surface area contributed by atoms with Crippen LogP contribution >= 0.6 is 0 Å². The summed E-state index contributed by atoms with van der Waals surface area (Å²) in [6.45, 7) is 3.73. The van der Waals surface area contributed by atoms with Gasteiger partial charge in [0.2, 0.25) is 0 Å². The summed E-state index contributed by atoms with van der Waals surface area (Å²) in [5, 5.41) is 0. The Morgan fingerprint density at radius 2 is 1.75 bits per heavy atom. The third-order valence-corrected chi connectivity index (χ3v) is 3.83. The van der Waals surface area contributed by atoms with Crippen LogP contribution in [0, 0.1) is 0 Å². The molecule has 1 fully saturated rings. The standard InChI is InChI=1S/C17H25NO2/c1-2-3-4-5-6-7-8-9-12-15-16(20-15)17(19)18-13-10-11-14-18/h2,10-11,13-16H,1,3-9,12H2/t15-,16+/m1/s1. The fourth-order valence-electron chi connectivity index (χ4n) is 2.55. The van der Waals surface area contributed by atoms with Crippen LogP contribution in [-0.4, -0.2) is 22.7 Å². The van der Waals surface area contributed by atoms with Crippen LogP contribution in [0.15, 0.2) is 37.2 Å². The topological polar surface area (TPSA) is 34.5 Å². The highest BCUT2D eigenvalue weighted by molar-refractivity contribution is 5.86. The van der Waals surface area contributed by atoms with E-state index in [0.29, 0.717) is 0 Å². The van der Waals surface area contributed by atoms with Crippen molar-refractivity contribution in [1.29, 1.82) is 0 Å². The van der Waals surface area contributed by atoms with Crippen LogP contribution in [0.2, 0.25) is 0 Å². The number of rotatable bonds is 10. The number of carbonyl (C=O) groups excluding carboxylic acids is 1. The van der Waals surface area contributed by atoms with Gasteiger partial charge in [-0.1, -0.05) is 38.2 Å². The predicted octanol–water partition coefficient (Wildman–Crippen LogP) is 4.20. The van der Waals surface area contributed by atoms with Crippen molar-refractivity contribution in [2.24, 2.45) is 0 Å². The van der Waals surface area contributed by atoms with E-state index in [4.69, 9.17) is 4.74 Å². The van der Waals surface area contributed by atoms with Crippen LogP contribution in [0.1, 0.15) is 56.2 Å². The van der Waals surface area contributed by atoms with E-state index in [9.17, 15) is 4.79 Å². The number of hydrogen-bond acceptors (Lipinski definition) is 2. The first-order valence-electron chi connectivity index (χ1n) is 7.76. The molecular formula is C17H25NO2. The van der Waals surface area contributed by atoms with E-state index in [0.717, 1.165) is 12.8 Å². The highest BCUT2D eigenvalue weighted by atomic mass is 16.6. The summed E-state index contributed by atoms with van der Waals surface area (Å²) in [5.41, 5.74) is 0. The Bertz CT molecular complexity index is 411. The fraction of sp³-hybridized carbons (Fsp3) is 0.588. The summed E-state index contributed by atoms with van der Waals surface area (Å²) in [4.78, 5) is 11.9. The minimum Gasteiger partial charge on any atom is -0.359 e. The van der Waals surface area contributed by atoms with Crippen molar-refractivity contribution in [3.05, 3.63) is 37.2 Å². The first-order valence-corrected chi connectivity index (χ1v) is 7.76. The number of unbranched alkanes of at least 4 members (excludes halogenated alkanes) is 6. The summed E-state index contributed by atoms with van der Waals surface area (Å²) in [6.07, 6.45) is 15.3. The molecule has 0 radical (unpaired) electrons. The molecule has 20 heavy (non-hydrogen) atoms. The highest BCUT2D eigenvalue weighted by Gasteiger charge is 2.44. The van der Waals surface area contributed by atoms with E-state index in [-0.39, 0.29) is 18.1 Å². The monoisotopic (exact) mass is 275 g/mol. The SMILES string of the molecule is C=CCCCCCCCC[C@H]1O[C@@H]1C(=O)n1cccc1. The number of carbonyl (C=O) groups is 1. The number of ether oxygens (including phenoxy) is 1. The van der Waals surface area contributed by atoms with Crippen molar-refractivity contribution >= 4 is 5.91 Å². The van der Waals surface area contributed by atoms with Gasteiger partial charge in [0.05, 0.1) is 6.10 Å². The third kappa shape index (κ3) is 4.64. The van der Waals surface area contributed by atoms with E-state index < -0.39 is 0 Å². The maximum atomic E-state index is 11.9. The number of hydrogen-bond donors (Lipinski definition) is 0. The minimum absolute atomic E-state index is 0.0735. The van der Waals surface area contributed by atoms with Gasteiger partial charge in [-0.3, -0.25) is 9.36 Å². The number of nitrogens with zero attached hydrogens (tertiary/aromatic N) is 1. The molecule has 2 atom stereocenters. The Labute approximate surface area is 121 Å². The lowest BCUT2D eigenvalue weighted by atomic mass is 10.1. The normalized spacial score (nSPS) is 20.8. The van der Waals surface area contributed by atoms with Crippen molar-refractivity contribution in [3.63, 3.8) is 0 Å². The molecule has 0 spiro atoms. The van der Waals surface area contributed by atoms with Crippen molar-refractivity contribution in [2.75, 3.05) is 0 Å². The largest absolute Gasteiger partial charge is 0.359 e. The lowest BCUT2D eigenvalue weighted by molar-refractivity contribution is 0.0872. The number of allylic oxidation sites excluding steroid dienone is 1. The van der Waals surface area contributed by atoms with Crippen LogP contribution in [0.4, 0.5) is 0 Å². The van der Waals surface area contributed by atoms with Gasteiger partial charge < -0.3 is 4.74 Å². The van der Waals surface area contributed by atoms with E-state index in [1.54, 1.807) is 17.0 Å². The Morgan fingerprint density at radius 1 is 1.10 bits per heavy atom. The molecule has 0 N–H and O–H groups in total. The van der Waals surface area contributed by atoms with Crippen molar-refractivity contribution in [2.45, 2.75) is 63.6 Å². The average molecular weight is 275 g/mol. The molecular weight excluding hydrogens is 250 g/mol. The third-order valence-electron chi connectivity index (χ3n) is 3.83. The molecule has 2 rings (SSSR count). The minimum atomic E-state index is -0.199. The van der Waals surface area contributed by atoms with Gasteiger partial charge in [-0.2, -0.15) is 0 Å². The first kappa shape index (κ1) is 15.0. The van der Waals surface area contributed by atoms with Gasteiger partial charge in [0.25, 0.3) is 5.91 Å². The Balaban J connectivity index is 1.48. The predicted molar refractivity (Wildman–Crippen MR) is 80.9 cm³/mol. The van der Waals surface area contributed by atoms with E-state index >= 15 is 0 Å². The zero-order chi connectivity index (χ0) is 14.2. The van der Waals surface area contributed by atoms with E-state index in [1.165, 1.54) is 38.5 Å². The van der Waals surface area contributed by atoms with Crippen LogP contribution in [0.5, 0.6) is 0 Å². The molecule has 1 aliphatic rings. The molecule has 0 unspecified atom stereocenters. The zero-order valence-corrected chi connectivity index (χ0v) is 12.2. The number of epoxide rings is 1. The van der Waals surface area contributed by atoms with Crippen LogP contribution in [0.3, 0.4) is 0 Å². The Hall–Kier alpha value is -1.35. The van der Waals surface area contributed by atoms with Crippen molar-refractivity contribution in [1.82, 2.24) is 4.57 Å². The van der Waals surface area contributed by atoms with Crippen LogP contribution in [0.25, 0.3) is 0 Å². The maximum Gasteiger partial charge on any atom is 0.262 e. The summed E-state index contributed by atoms with van der Waals surface area (Å²) in [6, 6.07) is 3.73. The van der Waals surface area contributed by atoms with Gasteiger partial charge in [-0.25, -0.2) is 0 Å². The maximum absolute atomic E-state index is 11.9. The molecule has 0 aliphatic carbocycles. The molecule has 1 saturated heterocycles. The molecule has 110 valence electrons. The Morgan fingerprint density at radius 3 is 2.45 bits per heavy atom. The van der Waals surface area contributed by atoms with Gasteiger partial charge in [0.1, 0.15) is 0 Å². The summed E-state index contributed by atoms with van der Waals surface area (Å²) >= 11 is 0. The Kier molecular flexibility index (Phi) is 6.06. The first-order chi connectivity index (χ1) is 9.83. The quantitative estimate of drug-likeness (QED) is 0.364. The number of aromatic nitrogens is 1. The van der Waals surface area contributed by atoms with Crippen molar-refractivity contribution in [3.8, 4) is 0 Å². The van der Waals surface area contributed by atoms with Gasteiger partial charge >= 0.3 is 0 Å². The summed E-state index contributed by atoms with van der Waals surface area (Å²) in [5.74, 6) is 0.0735.